The van der Waals surface area contributed by atoms with Crippen LogP contribution in [0.2, 0.25) is 10.0 Å². The van der Waals surface area contributed by atoms with Gasteiger partial charge in [-0.25, -0.2) is 22.4 Å². The zero-order valence-electron chi connectivity index (χ0n) is 16.4. The maximum absolute atomic E-state index is 12.7. The molecule has 1 aromatic heterocycles. The van der Waals surface area contributed by atoms with Crippen LogP contribution >= 0.6 is 23.2 Å². The SMILES string of the molecule is Cc1ccccc1Cn1cnc(NC(=O)c2cc(S(=O)(=O)N(C)C)c(Cl)cc2Cl)n1. The predicted octanol–water partition coefficient (Wildman–Crippen LogP) is 3.44. The van der Waals surface area contributed by atoms with Crippen LogP contribution in [0.25, 0.3) is 0 Å². The lowest BCUT2D eigenvalue weighted by molar-refractivity contribution is 0.102. The molecular formula is C19H19Cl2N5O3S. The van der Waals surface area contributed by atoms with E-state index >= 15 is 0 Å². The maximum atomic E-state index is 12.7. The Labute approximate surface area is 184 Å². The van der Waals surface area contributed by atoms with Gasteiger partial charge in [0.25, 0.3) is 5.91 Å². The van der Waals surface area contributed by atoms with Crippen molar-refractivity contribution in [2.45, 2.75) is 18.4 Å². The quantitative estimate of drug-likeness (QED) is 0.598. The van der Waals surface area contributed by atoms with Crippen molar-refractivity contribution >= 4 is 45.1 Å². The minimum absolute atomic E-state index is 0.00884. The van der Waals surface area contributed by atoms with Gasteiger partial charge in [-0.2, -0.15) is 0 Å². The molecule has 0 unspecified atom stereocenters. The second kappa shape index (κ2) is 8.73. The van der Waals surface area contributed by atoms with Crippen molar-refractivity contribution in [1.82, 2.24) is 19.1 Å². The number of anilines is 1. The Balaban J connectivity index is 1.83. The van der Waals surface area contributed by atoms with Crippen LogP contribution in [0.3, 0.4) is 0 Å². The molecule has 1 N–H and O–H groups in total. The molecule has 3 aromatic rings. The third-order valence-electron chi connectivity index (χ3n) is 4.38. The number of aromatic nitrogens is 3. The highest BCUT2D eigenvalue weighted by molar-refractivity contribution is 7.89. The number of rotatable bonds is 6. The van der Waals surface area contributed by atoms with E-state index in [9.17, 15) is 13.2 Å². The topological polar surface area (TPSA) is 97.2 Å². The van der Waals surface area contributed by atoms with E-state index in [1.807, 2.05) is 31.2 Å². The number of amides is 1. The largest absolute Gasteiger partial charge is 0.289 e. The highest BCUT2D eigenvalue weighted by Crippen LogP contribution is 2.30. The van der Waals surface area contributed by atoms with Gasteiger partial charge in [0.15, 0.2) is 0 Å². The number of halogens is 2. The van der Waals surface area contributed by atoms with Crippen molar-refractivity contribution in [3.63, 3.8) is 0 Å². The number of carbonyl (C=O) groups is 1. The van der Waals surface area contributed by atoms with Gasteiger partial charge in [-0.05, 0) is 30.2 Å². The van der Waals surface area contributed by atoms with Crippen LogP contribution in [0.4, 0.5) is 5.95 Å². The maximum Gasteiger partial charge on any atom is 0.259 e. The third kappa shape index (κ3) is 4.65. The van der Waals surface area contributed by atoms with E-state index < -0.39 is 15.9 Å². The summed E-state index contributed by atoms with van der Waals surface area (Å²) < 4.78 is 27.5. The smallest absolute Gasteiger partial charge is 0.259 e. The van der Waals surface area contributed by atoms with Gasteiger partial charge in [0.05, 0.1) is 22.2 Å². The monoisotopic (exact) mass is 467 g/mol. The fraction of sp³-hybridized carbons (Fsp3) is 0.211. The normalized spacial score (nSPS) is 11.7. The van der Waals surface area contributed by atoms with Gasteiger partial charge in [-0.1, -0.05) is 47.5 Å². The van der Waals surface area contributed by atoms with Crippen molar-refractivity contribution in [1.29, 1.82) is 0 Å². The summed E-state index contributed by atoms with van der Waals surface area (Å²) in [6.07, 6.45) is 1.49. The second-order valence-electron chi connectivity index (χ2n) is 6.70. The third-order valence-corrected chi connectivity index (χ3v) is 6.97. The minimum Gasteiger partial charge on any atom is -0.289 e. The molecule has 0 radical (unpaired) electrons. The summed E-state index contributed by atoms with van der Waals surface area (Å²) in [5.41, 5.74) is 2.12. The Hall–Kier alpha value is -2.46. The van der Waals surface area contributed by atoms with Crippen molar-refractivity contribution in [2.75, 3.05) is 19.4 Å². The minimum atomic E-state index is -3.86. The fourth-order valence-corrected chi connectivity index (χ4v) is 4.38. The molecule has 0 aliphatic carbocycles. The first-order chi connectivity index (χ1) is 14.1. The molecule has 158 valence electrons. The zero-order chi connectivity index (χ0) is 22.1. The van der Waals surface area contributed by atoms with Gasteiger partial charge < -0.3 is 0 Å². The van der Waals surface area contributed by atoms with E-state index in [4.69, 9.17) is 23.2 Å². The van der Waals surface area contributed by atoms with Gasteiger partial charge in [0, 0.05) is 14.1 Å². The number of carbonyl (C=O) groups excluding carboxylic acids is 1. The summed E-state index contributed by atoms with van der Waals surface area (Å²) in [6, 6.07) is 10.2. The molecule has 1 amide bonds. The molecule has 11 heteroatoms. The summed E-state index contributed by atoms with van der Waals surface area (Å²) in [5.74, 6) is -0.586. The summed E-state index contributed by atoms with van der Waals surface area (Å²) in [6.45, 7) is 2.49. The molecule has 0 fully saturated rings. The Morgan fingerprint density at radius 1 is 1.17 bits per heavy atom. The highest BCUT2D eigenvalue weighted by Gasteiger charge is 2.25. The van der Waals surface area contributed by atoms with E-state index in [0.717, 1.165) is 21.5 Å². The van der Waals surface area contributed by atoms with E-state index in [-0.39, 0.29) is 26.5 Å². The van der Waals surface area contributed by atoms with E-state index in [2.05, 4.69) is 15.4 Å². The molecule has 0 saturated carbocycles. The molecule has 2 aromatic carbocycles. The van der Waals surface area contributed by atoms with Crippen LogP contribution < -0.4 is 5.32 Å². The number of hydrogen-bond acceptors (Lipinski definition) is 5. The average Bonchev–Trinajstić information content (AvgIpc) is 3.10. The van der Waals surface area contributed by atoms with E-state index in [1.165, 1.54) is 26.5 Å². The number of aryl methyl sites for hydroxylation is 1. The molecule has 0 aliphatic heterocycles. The van der Waals surface area contributed by atoms with Crippen LogP contribution in [-0.2, 0) is 16.6 Å². The van der Waals surface area contributed by atoms with Gasteiger partial charge in [-0.3, -0.25) is 10.1 Å². The summed E-state index contributed by atoms with van der Waals surface area (Å²) in [5, 5.41) is 6.70. The standard InChI is InChI=1S/C19H19Cl2N5O3S/c1-12-6-4-5-7-13(12)10-26-11-22-19(24-26)23-18(27)14-8-17(16(21)9-15(14)20)30(28,29)25(2)3/h4-9,11H,10H2,1-3H3,(H,23,24,27). The van der Waals surface area contributed by atoms with Crippen LogP contribution in [0.5, 0.6) is 0 Å². The molecule has 8 nitrogen and oxygen atoms in total. The Morgan fingerprint density at radius 3 is 2.53 bits per heavy atom. The predicted molar refractivity (Wildman–Crippen MR) is 116 cm³/mol. The Bertz CT molecular complexity index is 1210. The second-order valence-corrected chi connectivity index (χ2v) is 9.63. The number of nitrogens with one attached hydrogen (secondary N) is 1. The van der Waals surface area contributed by atoms with E-state index in [1.54, 1.807) is 4.68 Å². The molecule has 0 aliphatic rings. The van der Waals surface area contributed by atoms with Gasteiger partial charge in [-0.15, -0.1) is 5.10 Å². The van der Waals surface area contributed by atoms with Crippen LogP contribution in [0, 0.1) is 6.92 Å². The van der Waals surface area contributed by atoms with Crippen LogP contribution in [0.1, 0.15) is 21.5 Å². The van der Waals surface area contributed by atoms with Gasteiger partial charge >= 0.3 is 0 Å². The van der Waals surface area contributed by atoms with Crippen molar-refractivity contribution < 1.29 is 13.2 Å². The number of sulfonamides is 1. The molecule has 0 atom stereocenters. The fourth-order valence-electron chi connectivity index (χ4n) is 2.66. The number of hydrogen-bond donors (Lipinski definition) is 1. The first-order valence-electron chi connectivity index (χ1n) is 8.76. The Kier molecular flexibility index (Phi) is 6.47. The first-order valence-corrected chi connectivity index (χ1v) is 11.0. The van der Waals surface area contributed by atoms with Gasteiger partial charge in [0.1, 0.15) is 11.2 Å². The lowest BCUT2D eigenvalue weighted by Crippen LogP contribution is -2.23. The van der Waals surface area contributed by atoms with Crippen molar-refractivity contribution in [3.05, 3.63) is 69.5 Å². The molecule has 3 rings (SSSR count). The first kappa shape index (κ1) is 22.2. The molecule has 0 saturated heterocycles. The summed E-state index contributed by atoms with van der Waals surface area (Å²) in [4.78, 5) is 16.5. The molecule has 0 bridgehead atoms. The van der Waals surface area contributed by atoms with Crippen LogP contribution in [-0.4, -0.2) is 47.5 Å². The van der Waals surface area contributed by atoms with Crippen LogP contribution in [0.15, 0.2) is 47.6 Å². The Morgan fingerprint density at radius 2 is 1.87 bits per heavy atom. The van der Waals surface area contributed by atoms with Crippen molar-refractivity contribution in [2.24, 2.45) is 0 Å². The highest BCUT2D eigenvalue weighted by atomic mass is 35.5. The van der Waals surface area contributed by atoms with Gasteiger partial charge in [0.2, 0.25) is 16.0 Å². The zero-order valence-corrected chi connectivity index (χ0v) is 18.8. The van der Waals surface area contributed by atoms with E-state index in [0.29, 0.717) is 6.54 Å². The molecule has 0 spiro atoms. The molecular weight excluding hydrogens is 449 g/mol. The number of nitrogens with zero attached hydrogens (tertiary/aromatic N) is 4. The van der Waals surface area contributed by atoms with Crippen molar-refractivity contribution in [3.8, 4) is 0 Å². The lowest BCUT2D eigenvalue weighted by Gasteiger charge is -2.14. The summed E-state index contributed by atoms with van der Waals surface area (Å²) in [7, 11) is -1.13. The molecule has 30 heavy (non-hydrogen) atoms. The number of benzene rings is 2. The lowest BCUT2D eigenvalue weighted by atomic mass is 10.1. The molecule has 1 heterocycles. The average molecular weight is 468 g/mol. The summed E-state index contributed by atoms with van der Waals surface area (Å²) >= 11 is 12.2.